The number of nitrogens with one attached hydrogen (secondary N) is 1. The van der Waals surface area contributed by atoms with Crippen molar-refractivity contribution in [2.24, 2.45) is 7.05 Å². The van der Waals surface area contributed by atoms with Crippen LogP contribution in [0.2, 0.25) is 0 Å². The molecule has 1 aliphatic heterocycles. The number of H-pyrrole nitrogens is 1. The molecule has 23 heavy (non-hydrogen) atoms. The minimum absolute atomic E-state index is 0.0599. The molecule has 0 unspecified atom stereocenters. The number of aromatic amines is 1. The van der Waals surface area contributed by atoms with E-state index >= 15 is 0 Å². The number of anilines is 1. The molecule has 1 saturated heterocycles. The summed E-state index contributed by atoms with van der Waals surface area (Å²) in [4.78, 5) is 30.7. The third-order valence-corrected chi connectivity index (χ3v) is 3.96. The third kappa shape index (κ3) is 2.87. The Morgan fingerprint density at radius 2 is 1.96 bits per heavy atom. The number of aromatic nitrogens is 3. The van der Waals surface area contributed by atoms with Gasteiger partial charge in [-0.1, -0.05) is 6.07 Å². The maximum Gasteiger partial charge on any atom is 0.274 e. The molecule has 2 aromatic rings. The molecule has 0 spiro atoms. The number of aryl methyl sites for hydroxylation is 1. The first-order chi connectivity index (χ1) is 11.1. The monoisotopic (exact) mass is 315 g/mol. The first-order valence-electron chi connectivity index (χ1n) is 7.32. The van der Waals surface area contributed by atoms with Gasteiger partial charge in [0.25, 0.3) is 11.7 Å². The van der Waals surface area contributed by atoms with Crippen LogP contribution in [0.4, 0.5) is 5.82 Å². The van der Waals surface area contributed by atoms with Crippen LogP contribution in [0.1, 0.15) is 20.8 Å². The van der Waals surface area contributed by atoms with E-state index in [0.717, 1.165) is 12.0 Å². The number of carboxylic acids is 1. The van der Waals surface area contributed by atoms with Gasteiger partial charge in [-0.05, 0) is 6.07 Å². The van der Waals surface area contributed by atoms with Gasteiger partial charge in [0.1, 0.15) is 18.8 Å². The lowest BCUT2D eigenvalue weighted by molar-refractivity contribution is -0.364. The van der Waals surface area contributed by atoms with Crippen LogP contribution in [0.15, 0.2) is 30.6 Å². The lowest BCUT2D eigenvalue weighted by Crippen LogP contribution is -2.50. The first-order valence-corrected chi connectivity index (χ1v) is 7.32. The second-order valence-electron chi connectivity index (χ2n) is 5.34. The molecule has 0 aromatic carbocycles. The average Bonchev–Trinajstić information content (AvgIpc) is 2.97. The van der Waals surface area contributed by atoms with Gasteiger partial charge >= 0.3 is 0 Å². The topological polar surface area (TPSA) is 95.6 Å². The molecule has 0 aliphatic carbocycles. The smallest absolute Gasteiger partial charge is 0.274 e. The Morgan fingerprint density at radius 3 is 2.57 bits per heavy atom. The van der Waals surface area contributed by atoms with Crippen molar-refractivity contribution < 1.29 is 19.7 Å². The van der Waals surface area contributed by atoms with Crippen molar-refractivity contribution in [3.63, 3.8) is 0 Å². The van der Waals surface area contributed by atoms with Crippen molar-refractivity contribution in [1.29, 1.82) is 0 Å². The SMILES string of the molecule is Cn1ncc(C(=O)[O-])c1C(=O)N1CCN(c2cccc[nH+]2)CC1. The lowest BCUT2D eigenvalue weighted by Gasteiger charge is -2.31. The second kappa shape index (κ2) is 6.07. The highest BCUT2D eigenvalue weighted by molar-refractivity contribution is 6.02. The fraction of sp³-hybridized carbons (Fsp3) is 0.333. The van der Waals surface area contributed by atoms with E-state index in [1.165, 1.54) is 4.68 Å². The van der Waals surface area contributed by atoms with Crippen LogP contribution in [0.25, 0.3) is 0 Å². The quantitative estimate of drug-likeness (QED) is 0.691. The number of hydrogen-bond donors (Lipinski definition) is 0. The standard InChI is InChI=1S/C15H17N5O3/c1-18-13(11(10-17-18)15(22)23)14(21)20-8-6-19(7-9-20)12-4-2-3-5-16-12/h2-5,10H,6-9H2,1H3,(H,22,23). The summed E-state index contributed by atoms with van der Waals surface area (Å²) in [7, 11) is 1.55. The van der Waals surface area contributed by atoms with Gasteiger partial charge in [-0.15, -0.1) is 0 Å². The highest BCUT2D eigenvalue weighted by atomic mass is 16.4. The zero-order valence-electron chi connectivity index (χ0n) is 12.7. The molecule has 120 valence electrons. The molecule has 0 radical (unpaired) electrons. The molecule has 8 heteroatoms. The molecular formula is C15H17N5O3. The summed E-state index contributed by atoms with van der Waals surface area (Å²) in [5, 5.41) is 15.0. The summed E-state index contributed by atoms with van der Waals surface area (Å²) in [5.41, 5.74) is -0.110. The highest BCUT2D eigenvalue weighted by Gasteiger charge is 2.29. The molecule has 1 amide bonds. The third-order valence-electron chi connectivity index (χ3n) is 3.96. The largest absolute Gasteiger partial charge is 0.545 e. The summed E-state index contributed by atoms with van der Waals surface area (Å²) in [5.74, 6) is -0.726. The van der Waals surface area contributed by atoms with Crippen molar-refractivity contribution in [2.45, 2.75) is 0 Å². The number of piperazine rings is 1. The summed E-state index contributed by atoms with van der Waals surface area (Å²) in [6.45, 7) is 2.37. The predicted molar refractivity (Wildman–Crippen MR) is 78.7 cm³/mol. The molecule has 8 nitrogen and oxygen atoms in total. The van der Waals surface area contributed by atoms with Crippen molar-refractivity contribution in [2.75, 3.05) is 31.1 Å². The molecule has 0 bridgehead atoms. The Balaban J connectivity index is 1.72. The van der Waals surface area contributed by atoms with E-state index in [1.807, 2.05) is 24.4 Å². The Labute approximate surface area is 133 Å². The van der Waals surface area contributed by atoms with E-state index in [0.29, 0.717) is 26.2 Å². The molecular weight excluding hydrogens is 298 g/mol. The minimum Gasteiger partial charge on any atom is -0.545 e. The maximum atomic E-state index is 12.6. The van der Waals surface area contributed by atoms with Gasteiger partial charge < -0.3 is 14.8 Å². The normalized spacial score (nSPS) is 14.8. The molecule has 3 heterocycles. The molecule has 1 N–H and O–H groups in total. The van der Waals surface area contributed by atoms with Crippen LogP contribution in [-0.2, 0) is 7.05 Å². The first kappa shape index (κ1) is 15.0. The Hall–Kier alpha value is -2.90. The van der Waals surface area contributed by atoms with E-state index < -0.39 is 5.97 Å². The number of hydrogen-bond acceptors (Lipinski definition) is 5. The van der Waals surface area contributed by atoms with Gasteiger partial charge in [0, 0.05) is 18.7 Å². The van der Waals surface area contributed by atoms with Crippen molar-refractivity contribution >= 4 is 17.7 Å². The van der Waals surface area contributed by atoms with Gasteiger partial charge in [-0.3, -0.25) is 14.4 Å². The van der Waals surface area contributed by atoms with E-state index in [-0.39, 0.29) is 17.2 Å². The number of rotatable bonds is 3. The van der Waals surface area contributed by atoms with Gasteiger partial charge in [0.15, 0.2) is 0 Å². The van der Waals surface area contributed by atoms with Crippen LogP contribution in [0.3, 0.4) is 0 Å². The summed E-state index contributed by atoms with van der Waals surface area (Å²) >= 11 is 0. The zero-order valence-corrected chi connectivity index (χ0v) is 12.7. The molecule has 0 atom stereocenters. The van der Waals surface area contributed by atoms with Gasteiger partial charge in [-0.2, -0.15) is 5.10 Å². The van der Waals surface area contributed by atoms with Crippen LogP contribution in [-0.4, -0.2) is 52.7 Å². The van der Waals surface area contributed by atoms with Crippen molar-refractivity contribution in [3.05, 3.63) is 41.9 Å². The van der Waals surface area contributed by atoms with E-state index in [4.69, 9.17) is 0 Å². The number of carbonyl (C=O) groups is 2. The number of carboxylic acid groups (broad SMARTS) is 1. The minimum atomic E-state index is -1.39. The van der Waals surface area contributed by atoms with Crippen LogP contribution in [0, 0.1) is 0 Å². The number of pyridine rings is 1. The fourth-order valence-electron chi connectivity index (χ4n) is 2.72. The Bertz CT molecular complexity index is 720. The number of nitrogens with zero attached hydrogens (tertiary/aromatic N) is 4. The van der Waals surface area contributed by atoms with Crippen LogP contribution < -0.4 is 15.0 Å². The molecule has 2 aromatic heterocycles. The molecule has 0 saturated carbocycles. The lowest BCUT2D eigenvalue weighted by atomic mass is 10.2. The second-order valence-corrected chi connectivity index (χ2v) is 5.34. The number of carbonyl (C=O) groups excluding carboxylic acids is 2. The average molecular weight is 315 g/mol. The van der Waals surface area contributed by atoms with E-state index in [9.17, 15) is 14.7 Å². The predicted octanol–water partition coefficient (Wildman–Crippen LogP) is -1.44. The Kier molecular flexibility index (Phi) is 3.96. The van der Waals surface area contributed by atoms with E-state index in [1.54, 1.807) is 11.9 Å². The highest BCUT2D eigenvalue weighted by Crippen LogP contribution is 2.14. The maximum absolute atomic E-state index is 12.6. The van der Waals surface area contributed by atoms with Gasteiger partial charge in [0.05, 0.1) is 31.5 Å². The molecule has 1 fully saturated rings. The van der Waals surface area contributed by atoms with E-state index in [2.05, 4.69) is 15.0 Å². The molecule has 3 rings (SSSR count). The van der Waals surface area contributed by atoms with Crippen LogP contribution >= 0.6 is 0 Å². The van der Waals surface area contributed by atoms with Crippen LogP contribution in [0.5, 0.6) is 0 Å². The summed E-state index contributed by atoms with van der Waals surface area (Å²) in [6, 6.07) is 5.84. The van der Waals surface area contributed by atoms with Gasteiger partial charge in [-0.25, -0.2) is 4.98 Å². The fourth-order valence-corrected chi connectivity index (χ4v) is 2.72. The number of amides is 1. The summed E-state index contributed by atoms with van der Waals surface area (Å²) in [6.07, 6.45) is 3.01. The number of aromatic carboxylic acids is 1. The zero-order chi connectivity index (χ0) is 16.4. The van der Waals surface area contributed by atoms with Gasteiger partial charge in [0.2, 0.25) is 0 Å². The molecule has 1 aliphatic rings. The summed E-state index contributed by atoms with van der Waals surface area (Å²) < 4.78 is 1.28. The van der Waals surface area contributed by atoms with Crippen molar-refractivity contribution in [1.82, 2.24) is 14.7 Å². The van der Waals surface area contributed by atoms with Crippen molar-refractivity contribution in [3.8, 4) is 0 Å². The Morgan fingerprint density at radius 1 is 1.22 bits per heavy atom.